The summed E-state index contributed by atoms with van der Waals surface area (Å²) in [5, 5.41) is 3.45. The molecular formula is C18H21ClN2O3. The Morgan fingerprint density at radius 3 is 2.54 bits per heavy atom. The van der Waals surface area contributed by atoms with Crippen LogP contribution in [0.5, 0.6) is 0 Å². The van der Waals surface area contributed by atoms with Gasteiger partial charge in [0, 0.05) is 23.8 Å². The molecule has 1 aromatic carbocycles. The number of halogens is 1. The summed E-state index contributed by atoms with van der Waals surface area (Å²) in [4.78, 5) is 27.3. The molecule has 1 heterocycles. The largest absolute Gasteiger partial charge is 0.378 e. The Kier molecular flexibility index (Phi) is 5.53. The van der Waals surface area contributed by atoms with E-state index in [1.807, 2.05) is 17.1 Å². The number of benzene rings is 1. The first-order chi connectivity index (χ1) is 11.6. The fraction of sp³-hybridized carbons (Fsp3) is 0.444. The van der Waals surface area contributed by atoms with Crippen molar-refractivity contribution in [3.8, 4) is 0 Å². The molecule has 2 atom stereocenters. The Morgan fingerprint density at radius 2 is 1.83 bits per heavy atom. The van der Waals surface area contributed by atoms with E-state index in [0.717, 1.165) is 0 Å². The first-order valence-corrected chi connectivity index (χ1v) is 8.61. The highest BCUT2D eigenvalue weighted by Crippen LogP contribution is 2.29. The second-order valence-corrected chi connectivity index (χ2v) is 6.53. The average Bonchev–Trinajstić information content (AvgIpc) is 2.62. The third-order valence-electron chi connectivity index (χ3n) is 4.50. The van der Waals surface area contributed by atoms with Crippen molar-refractivity contribution in [1.29, 1.82) is 0 Å². The molecule has 0 bridgehead atoms. The molecule has 1 aliphatic heterocycles. The first kappa shape index (κ1) is 17.0. The van der Waals surface area contributed by atoms with Crippen LogP contribution in [0.1, 0.15) is 12.8 Å². The van der Waals surface area contributed by atoms with Crippen LogP contribution >= 0.6 is 11.6 Å². The number of anilines is 1. The van der Waals surface area contributed by atoms with Crippen molar-refractivity contribution in [2.75, 3.05) is 31.6 Å². The molecule has 24 heavy (non-hydrogen) atoms. The van der Waals surface area contributed by atoms with Gasteiger partial charge in [0.05, 0.1) is 25.0 Å². The summed E-state index contributed by atoms with van der Waals surface area (Å²) < 4.78 is 5.30. The molecule has 2 aliphatic rings. The third-order valence-corrected chi connectivity index (χ3v) is 4.74. The quantitative estimate of drug-likeness (QED) is 0.854. The average molecular weight is 349 g/mol. The summed E-state index contributed by atoms with van der Waals surface area (Å²) in [7, 11) is 0. The molecule has 1 N–H and O–H groups in total. The molecule has 1 saturated heterocycles. The third kappa shape index (κ3) is 3.97. The van der Waals surface area contributed by atoms with Crippen molar-refractivity contribution in [2.45, 2.75) is 12.8 Å². The maximum atomic E-state index is 12.8. The van der Waals surface area contributed by atoms with Gasteiger partial charge in [0.1, 0.15) is 0 Å². The van der Waals surface area contributed by atoms with Gasteiger partial charge in [0.25, 0.3) is 0 Å². The number of rotatable bonds is 3. The Labute approximate surface area is 146 Å². The summed E-state index contributed by atoms with van der Waals surface area (Å²) in [6.45, 7) is 2.32. The van der Waals surface area contributed by atoms with Crippen LogP contribution in [-0.4, -0.2) is 43.0 Å². The number of ether oxygens (including phenoxy) is 1. The van der Waals surface area contributed by atoms with Gasteiger partial charge in [0.15, 0.2) is 0 Å². The van der Waals surface area contributed by atoms with E-state index >= 15 is 0 Å². The lowest BCUT2D eigenvalue weighted by Gasteiger charge is -2.34. The lowest BCUT2D eigenvalue weighted by molar-refractivity contribution is -0.144. The summed E-state index contributed by atoms with van der Waals surface area (Å²) in [6, 6.07) is 7.04. The number of carbonyl (C=O) groups excluding carboxylic acids is 2. The molecule has 1 aliphatic carbocycles. The molecule has 6 heteroatoms. The van der Waals surface area contributed by atoms with Gasteiger partial charge in [-0.15, -0.1) is 0 Å². The monoisotopic (exact) mass is 348 g/mol. The standard InChI is InChI=1S/C18H21ClN2O3/c19-13-4-3-5-14(12-13)20-17(22)15-6-1-2-7-16(15)18(23)21-8-10-24-11-9-21/h1-5,12,15-16H,6-11H2,(H,20,22)/t15-,16+/m1/s1. The van der Waals surface area contributed by atoms with Crippen LogP contribution in [0.25, 0.3) is 0 Å². The van der Waals surface area contributed by atoms with Gasteiger partial charge in [0.2, 0.25) is 11.8 Å². The fourth-order valence-electron chi connectivity index (χ4n) is 3.20. The molecular weight excluding hydrogens is 328 g/mol. The molecule has 0 saturated carbocycles. The molecule has 2 amide bonds. The first-order valence-electron chi connectivity index (χ1n) is 8.23. The Hall–Kier alpha value is -1.85. The zero-order chi connectivity index (χ0) is 16.9. The Balaban J connectivity index is 1.70. The van der Waals surface area contributed by atoms with Gasteiger partial charge in [-0.25, -0.2) is 0 Å². The maximum absolute atomic E-state index is 12.8. The molecule has 0 spiro atoms. The minimum atomic E-state index is -0.357. The van der Waals surface area contributed by atoms with Gasteiger partial charge in [-0.2, -0.15) is 0 Å². The van der Waals surface area contributed by atoms with Gasteiger partial charge in [-0.05, 0) is 31.0 Å². The second-order valence-electron chi connectivity index (χ2n) is 6.09. The van der Waals surface area contributed by atoms with E-state index in [9.17, 15) is 9.59 Å². The van der Waals surface area contributed by atoms with Gasteiger partial charge in [-0.1, -0.05) is 29.8 Å². The van der Waals surface area contributed by atoms with E-state index in [1.165, 1.54) is 0 Å². The van der Waals surface area contributed by atoms with E-state index in [2.05, 4.69) is 5.32 Å². The number of hydrogen-bond donors (Lipinski definition) is 1. The van der Waals surface area contributed by atoms with E-state index in [4.69, 9.17) is 16.3 Å². The molecule has 5 nitrogen and oxygen atoms in total. The Bertz CT molecular complexity index is 641. The second kappa shape index (κ2) is 7.81. The van der Waals surface area contributed by atoms with Gasteiger partial charge < -0.3 is 15.0 Å². The number of morpholine rings is 1. The van der Waals surface area contributed by atoms with Crippen LogP contribution in [0.4, 0.5) is 5.69 Å². The zero-order valence-electron chi connectivity index (χ0n) is 13.4. The number of nitrogens with zero attached hydrogens (tertiary/aromatic N) is 1. The number of hydrogen-bond acceptors (Lipinski definition) is 3. The maximum Gasteiger partial charge on any atom is 0.228 e. The molecule has 128 valence electrons. The fourth-order valence-corrected chi connectivity index (χ4v) is 3.39. The van der Waals surface area contributed by atoms with E-state index in [-0.39, 0.29) is 23.7 Å². The Morgan fingerprint density at radius 1 is 1.12 bits per heavy atom. The van der Waals surface area contributed by atoms with E-state index < -0.39 is 0 Å². The van der Waals surface area contributed by atoms with Crippen LogP contribution in [0, 0.1) is 11.8 Å². The lowest BCUT2D eigenvalue weighted by atomic mass is 9.81. The summed E-state index contributed by atoms with van der Waals surface area (Å²) in [5.41, 5.74) is 0.652. The highest BCUT2D eigenvalue weighted by Gasteiger charge is 2.36. The lowest BCUT2D eigenvalue weighted by Crippen LogP contribution is -2.47. The molecule has 3 rings (SSSR count). The summed E-state index contributed by atoms with van der Waals surface area (Å²) >= 11 is 5.96. The van der Waals surface area contributed by atoms with Gasteiger partial charge >= 0.3 is 0 Å². The van der Waals surface area contributed by atoms with Gasteiger partial charge in [-0.3, -0.25) is 9.59 Å². The normalized spacial score (nSPS) is 23.8. The topological polar surface area (TPSA) is 58.6 Å². The molecule has 1 aromatic rings. The summed E-state index contributed by atoms with van der Waals surface area (Å²) in [6.07, 6.45) is 5.15. The minimum Gasteiger partial charge on any atom is -0.378 e. The van der Waals surface area contributed by atoms with Crippen LogP contribution in [0.2, 0.25) is 5.02 Å². The van der Waals surface area contributed by atoms with E-state index in [1.54, 1.807) is 24.3 Å². The zero-order valence-corrected chi connectivity index (χ0v) is 14.2. The number of carbonyl (C=O) groups is 2. The van der Waals surface area contributed by atoms with Crippen LogP contribution < -0.4 is 5.32 Å². The van der Waals surface area contributed by atoms with Crippen molar-refractivity contribution < 1.29 is 14.3 Å². The molecule has 1 fully saturated rings. The minimum absolute atomic E-state index is 0.0499. The SMILES string of the molecule is O=C(Nc1cccc(Cl)c1)[C@@H]1CC=CC[C@@H]1C(=O)N1CCOCC1. The number of allylic oxidation sites excluding steroid dienone is 2. The molecule has 0 unspecified atom stereocenters. The highest BCUT2D eigenvalue weighted by atomic mass is 35.5. The van der Waals surface area contributed by atoms with Crippen molar-refractivity contribution in [3.63, 3.8) is 0 Å². The number of amides is 2. The van der Waals surface area contributed by atoms with Crippen molar-refractivity contribution in [2.24, 2.45) is 11.8 Å². The molecule has 0 aromatic heterocycles. The van der Waals surface area contributed by atoms with E-state index in [0.29, 0.717) is 49.9 Å². The predicted octanol–water partition coefficient (Wildman–Crippen LogP) is 2.72. The van der Waals surface area contributed by atoms with Crippen LogP contribution in [0.15, 0.2) is 36.4 Å². The van der Waals surface area contributed by atoms with Crippen molar-refractivity contribution in [3.05, 3.63) is 41.4 Å². The predicted molar refractivity (Wildman–Crippen MR) is 92.8 cm³/mol. The summed E-state index contributed by atoms with van der Waals surface area (Å²) in [5.74, 6) is -0.751. The van der Waals surface area contributed by atoms with Crippen LogP contribution in [-0.2, 0) is 14.3 Å². The van der Waals surface area contributed by atoms with Crippen LogP contribution in [0.3, 0.4) is 0 Å². The van der Waals surface area contributed by atoms with Crippen molar-refractivity contribution in [1.82, 2.24) is 4.90 Å². The number of nitrogens with one attached hydrogen (secondary N) is 1. The molecule has 0 radical (unpaired) electrons. The highest BCUT2D eigenvalue weighted by molar-refractivity contribution is 6.30. The smallest absolute Gasteiger partial charge is 0.228 e. The van der Waals surface area contributed by atoms with Crippen molar-refractivity contribution >= 4 is 29.1 Å².